The molecule has 0 radical (unpaired) electrons. The Hall–Kier alpha value is -0.900. The van der Waals surface area contributed by atoms with E-state index in [9.17, 15) is 9.18 Å². The zero-order valence-electron chi connectivity index (χ0n) is 6.71. The summed E-state index contributed by atoms with van der Waals surface area (Å²) in [6.45, 7) is 0. The number of halogens is 3. The Balaban J connectivity index is 2.95. The molecule has 0 aliphatic carbocycles. The van der Waals surface area contributed by atoms with Gasteiger partial charge in [-0.25, -0.2) is 4.79 Å². The molecule has 1 unspecified atom stereocenters. The van der Waals surface area contributed by atoms with Crippen LogP contribution >= 0.6 is 27.5 Å². The Morgan fingerprint density at radius 1 is 1.64 bits per heavy atom. The molecule has 0 amide bonds. The topological polar surface area (TPSA) is 38.7 Å². The first kappa shape index (κ1) is 11.2. The van der Waals surface area contributed by atoms with Crippen molar-refractivity contribution in [1.82, 2.24) is 0 Å². The van der Waals surface area contributed by atoms with Gasteiger partial charge in [-0.05, 0) is 45.7 Å². The van der Waals surface area contributed by atoms with Crippen LogP contribution in [0, 0.1) is 0 Å². The number of ether oxygens (including phenoxy) is 1. The second-order valence-electron chi connectivity index (χ2n) is 2.20. The Morgan fingerprint density at radius 3 is 2.86 bits per heavy atom. The van der Waals surface area contributed by atoms with Crippen molar-refractivity contribution in [1.29, 1.82) is 0 Å². The predicted octanol–water partition coefficient (Wildman–Crippen LogP) is 3.29. The zero-order chi connectivity index (χ0) is 10.6. The van der Waals surface area contributed by atoms with Crippen molar-refractivity contribution >= 4 is 39.3 Å². The lowest BCUT2D eigenvalue weighted by Gasteiger charge is -2.06. The Morgan fingerprint density at radius 2 is 2.36 bits per heavy atom. The van der Waals surface area contributed by atoms with Crippen LogP contribution in [0.5, 0.6) is 5.75 Å². The average molecular weight is 280 g/mol. The molecule has 0 aliphatic heterocycles. The second-order valence-corrected chi connectivity index (χ2v) is 3.39. The molecule has 0 N–H and O–H groups in total. The molecule has 0 aromatic heterocycles. The molecule has 1 rings (SSSR count). The third kappa shape index (κ3) is 3.10. The number of rotatable bonds is 3. The normalized spacial score (nSPS) is 11.6. The maximum Gasteiger partial charge on any atom is 0.316 e. The summed E-state index contributed by atoms with van der Waals surface area (Å²) in [4.78, 5) is 13.3. The molecule has 0 aliphatic rings. The minimum atomic E-state index is -1.91. The molecule has 1 aromatic rings. The Bertz CT molecular complexity index is 380. The van der Waals surface area contributed by atoms with Crippen molar-refractivity contribution in [2.45, 2.75) is 5.82 Å². The van der Waals surface area contributed by atoms with Crippen molar-refractivity contribution in [2.24, 2.45) is 4.99 Å². The summed E-state index contributed by atoms with van der Waals surface area (Å²) in [7, 11) is 0. The lowest BCUT2D eigenvalue weighted by molar-refractivity contribution is 0.146. The highest BCUT2D eigenvalue weighted by Crippen LogP contribution is 2.30. The number of carbonyl (C=O) groups excluding carboxylic acids is 1. The van der Waals surface area contributed by atoms with Gasteiger partial charge in [0.25, 0.3) is 0 Å². The van der Waals surface area contributed by atoms with Gasteiger partial charge >= 0.3 is 5.82 Å². The van der Waals surface area contributed by atoms with Gasteiger partial charge in [-0.15, -0.1) is 0 Å². The van der Waals surface area contributed by atoms with E-state index in [2.05, 4.69) is 25.7 Å². The van der Waals surface area contributed by atoms with Crippen LogP contribution in [0.3, 0.4) is 0 Å². The summed E-state index contributed by atoms with van der Waals surface area (Å²) >= 11 is 8.10. The van der Waals surface area contributed by atoms with Crippen molar-refractivity contribution in [3.8, 4) is 5.75 Å². The van der Waals surface area contributed by atoms with Gasteiger partial charge in [0.1, 0.15) is 5.75 Å². The van der Waals surface area contributed by atoms with E-state index in [-0.39, 0.29) is 5.75 Å². The summed E-state index contributed by atoms with van der Waals surface area (Å²) in [6, 6.07) is 4.40. The van der Waals surface area contributed by atoms with Crippen LogP contribution in [0.4, 0.5) is 10.1 Å². The molecule has 14 heavy (non-hydrogen) atoms. The van der Waals surface area contributed by atoms with Gasteiger partial charge in [0.2, 0.25) is 6.08 Å². The molecule has 0 spiro atoms. The van der Waals surface area contributed by atoms with Gasteiger partial charge in [0, 0.05) is 0 Å². The molecule has 0 saturated carbocycles. The molecule has 0 saturated heterocycles. The molecular formula is C8H4BrClFNO2. The molecular weight excluding hydrogens is 276 g/mol. The molecule has 6 heteroatoms. The fraction of sp³-hybridized carbons (Fsp3) is 0.125. The van der Waals surface area contributed by atoms with E-state index in [0.717, 1.165) is 0 Å². The maximum absolute atomic E-state index is 12.3. The lowest BCUT2D eigenvalue weighted by atomic mass is 10.3. The largest absolute Gasteiger partial charge is 0.446 e. The number of hydrogen-bond acceptors (Lipinski definition) is 3. The smallest absolute Gasteiger partial charge is 0.316 e. The third-order valence-electron chi connectivity index (χ3n) is 1.31. The highest BCUT2D eigenvalue weighted by molar-refractivity contribution is 9.10. The van der Waals surface area contributed by atoms with E-state index in [1.165, 1.54) is 24.3 Å². The Labute approximate surface area is 92.7 Å². The monoisotopic (exact) mass is 279 g/mol. The van der Waals surface area contributed by atoms with Crippen LogP contribution in [0.2, 0.25) is 0 Å². The first-order valence-corrected chi connectivity index (χ1v) is 4.68. The van der Waals surface area contributed by atoms with Crippen LogP contribution in [0.25, 0.3) is 0 Å². The van der Waals surface area contributed by atoms with Crippen molar-refractivity contribution in [2.75, 3.05) is 0 Å². The van der Waals surface area contributed by atoms with Gasteiger partial charge in [-0.1, -0.05) is 0 Å². The van der Waals surface area contributed by atoms with Crippen LogP contribution in [-0.4, -0.2) is 11.9 Å². The number of benzene rings is 1. The summed E-state index contributed by atoms with van der Waals surface area (Å²) < 4.78 is 17.3. The van der Waals surface area contributed by atoms with Crippen LogP contribution in [0.1, 0.15) is 0 Å². The fourth-order valence-corrected chi connectivity index (χ4v) is 1.36. The summed E-state index contributed by atoms with van der Waals surface area (Å²) in [5, 5.41) is 0. The standard InChI is InChI=1S/C8H4BrClFNO2/c9-6-3-5(12-4-13)1-2-7(6)14-8(10)11/h1-3,8H. The lowest BCUT2D eigenvalue weighted by Crippen LogP contribution is -2.00. The van der Waals surface area contributed by atoms with E-state index in [4.69, 9.17) is 11.6 Å². The van der Waals surface area contributed by atoms with E-state index < -0.39 is 5.82 Å². The predicted molar refractivity (Wildman–Crippen MR) is 53.3 cm³/mol. The molecule has 74 valence electrons. The van der Waals surface area contributed by atoms with Crippen LogP contribution in [-0.2, 0) is 4.79 Å². The minimum Gasteiger partial charge on any atom is -0.446 e. The highest BCUT2D eigenvalue weighted by Gasteiger charge is 2.06. The number of nitrogens with zero attached hydrogens (tertiary/aromatic N) is 1. The van der Waals surface area contributed by atoms with Crippen LogP contribution < -0.4 is 4.74 Å². The number of alkyl halides is 2. The first-order chi connectivity index (χ1) is 6.63. The van der Waals surface area contributed by atoms with Crippen molar-refractivity contribution in [3.63, 3.8) is 0 Å². The van der Waals surface area contributed by atoms with Gasteiger partial charge in [0.15, 0.2) is 0 Å². The van der Waals surface area contributed by atoms with Crippen molar-refractivity contribution < 1.29 is 13.9 Å². The molecule has 0 heterocycles. The van der Waals surface area contributed by atoms with Gasteiger partial charge in [-0.3, -0.25) is 0 Å². The molecule has 0 fully saturated rings. The zero-order valence-corrected chi connectivity index (χ0v) is 9.05. The van der Waals surface area contributed by atoms with Crippen LogP contribution in [0.15, 0.2) is 27.7 Å². The van der Waals surface area contributed by atoms with E-state index >= 15 is 0 Å². The van der Waals surface area contributed by atoms with Crippen molar-refractivity contribution in [3.05, 3.63) is 22.7 Å². The number of isocyanates is 1. The average Bonchev–Trinajstić information content (AvgIpc) is 2.10. The van der Waals surface area contributed by atoms with Gasteiger partial charge in [-0.2, -0.15) is 9.38 Å². The highest BCUT2D eigenvalue weighted by atomic mass is 79.9. The third-order valence-corrected chi connectivity index (χ3v) is 2.02. The Kier molecular flexibility index (Phi) is 4.07. The summed E-state index contributed by atoms with van der Waals surface area (Å²) in [6.07, 6.45) is 1.38. The van der Waals surface area contributed by atoms with E-state index in [1.807, 2.05) is 0 Å². The molecule has 1 aromatic carbocycles. The van der Waals surface area contributed by atoms with E-state index in [0.29, 0.717) is 10.2 Å². The van der Waals surface area contributed by atoms with Gasteiger partial charge < -0.3 is 4.74 Å². The minimum absolute atomic E-state index is 0.234. The fourth-order valence-electron chi connectivity index (χ4n) is 0.804. The maximum atomic E-state index is 12.3. The molecule has 1 atom stereocenters. The summed E-state index contributed by atoms with van der Waals surface area (Å²) in [5.41, 5.74) is 0.393. The first-order valence-electron chi connectivity index (χ1n) is 3.45. The molecule has 3 nitrogen and oxygen atoms in total. The summed E-state index contributed by atoms with van der Waals surface area (Å²) in [5.74, 6) is -1.68. The second kappa shape index (κ2) is 5.10. The molecule has 0 bridgehead atoms. The van der Waals surface area contributed by atoms with E-state index in [1.54, 1.807) is 0 Å². The SMILES string of the molecule is O=C=Nc1ccc(OC(F)Cl)c(Br)c1. The van der Waals surface area contributed by atoms with Gasteiger partial charge in [0.05, 0.1) is 10.2 Å². The quantitative estimate of drug-likeness (QED) is 0.484. The number of hydrogen-bond donors (Lipinski definition) is 0. The number of aliphatic imine (C=N–C) groups is 1.